The summed E-state index contributed by atoms with van der Waals surface area (Å²) in [5.41, 5.74) is 1.02. The van der Waals surface area contributed by atoms with Crippen molar-refractivity contribution in [2.75, 3.05) is 12.4 Å². The monoisotopic (exact) mass is 293 g/mol. The van der Waals surface area contributed by atoms with Gasteiger partial charge in [0.1, 0.15) is 0 Å². The predicted molar refractivity (Wildman–Crippen MR) is 99.9 cm³/mol. The van der Waals surface area contributed by atoms with Gasteiger partial charge >= 0.3 is 0 Å². The molecule has 0 saturated carbocycles. The van der Waals surface area contributed by atoms with Crippen LogP contribution in [-0.2, 0) is 0 Å². The minimum Gasteiger partial charge on any atom is -0.369 e. The van der Waals surface area contributed by atoms with Crippen LogP contribution in [0.3, 0.4) is 0 Å². The number of hydrogen-bond acceptors (Lipinski definition) is 2. The number of anilines is 1. The largest absolute Gasteiger partial charge is 0.369 e. The van der Waals surface area contributed by atoms with Crippen LogP contribution in [0.15, 0.2) is 12.3 Å². The fourth-order valence-electron chi connectivity index (χ4n) is 0.569. The first-order chi connectivity index (χ1) is 8.74. The van der Waals surface area contributed by atoms with Crippen LogP contribution in [0.5, 0.6) is 0 Å². The molecule has 19 heavy (non-hydrogen) atoms. The lowest BCUT2D eigenvalue weighted by atomic mass is 10.6. The van der Waals surface area contributed by atoms with Gasteiger partial charge in [0.25, 0.3) is 0 Å². The summed E-state index contributed by atoms with van der Waals surface area (Å²) in [5, 5.41) is 4.33. The molecule has 1 aromatic heterocycles. The van der Waals surface area contributed by atoms with E-state index in [0.717, 1.165) is 5.55 Å². The zero-order valence-electron chi connectivity index (χ0n) is 14.3. The highest BCUT2D eigenvalue weighted by atomic mass is 31.0. The van der Waals surface area contributed by atoms with Gasteiger partial charge in [0, 0.05) is 14.7 Å². The molecular formula is C16H41N2P. The number of aryl methyl sites for hydroxylation is 1. The number of aromatic nitrogens is 1. The highest BCUT2D eigenvalue weighted by molar-refractivity contribution is 7.34. The van der Waals surface area contributed by atoms with Gasteiger partial charge in [0.05, 0.1) is 0 Å². The van der Waals surface area contributed by atoms with E-state index in [9.17, 15) is 0 Å². The minimum absolute atomic E-state index is 0. The SMILES string of the molecule is C.CC.CC.CC.CCC.CNc1nccc(C)p1.[2HH]. The molecule has 0 aliphatic rings. The van der Waals surface area contributed by atoms with E-state index < -0.39 is 0 Å². The van der Waals surface area contributed by atoms with Gasteiger partial charge in [-0.3, -0.25) is 0 Å². The van der Waals surface area contributed by atoms with Crippen molar-refractivity contribution in [3.8, 4) is 0 Å². The van der Waals surface area contributed by atoms with Gasteiger partial charge in [-0.15, -0.1) is 0 Å². The van der Waals surface area contributed by atoms with Crippen LogP contribution in [-0.4, -0.2) is 12.0 Å². The molecule has 0 bridgehead atoms. The summed E-state index contributed by atoms with van der Waals surface area (Å²) < 4.78 is 0. The van der Waals surface area contributed by atoms with Gasteiger partial charge in [-0.05, 0) is 26.5 Å². The number of nitrogens with one attached hydrogen (secondary N) is 1. The van der Waals surface area contributed by atoms with Crippen LogP contribution in [0.25, 0.3) is 0 Å². The number of nitrogens with zero attached hydrogens (tertiary/aromatic N) is 1. The third-order valence-electron chi connectivity index (χ3n) is 1.02. The third kappa shape index (κ3) is 31.7. The van der Waals surface area contributed by atoms with E-state index in [2.05, 4.69) is 31.1 Å². The zero-order chi connectivity index (χ0) is 15.4. The van der Waals surface area contributed by atoms with Crippen LogP contribution in [0, 0.1) is 6.92 Å². The lowest BCUT2D eigenvalue weighted by Crippen LogP contribution is -1.86. The zero-order valence-corrected chi connectivity index (χ0v) is 15.2. The second-order valence-corrected chi connectivity index (χ2v) is 3.83. The fourth-order valence-corrected chi connectivity index (χ4v) is 1.28. The standard InChI is InChI=1S/C6H9N2P.C3H8.3C2H6.CH4.H2/c1-5-3-4-8-6(7-2)9-5;1-3-2;3*1-2;;/h3-4H,1-2H3,(H,7,8);3H2,1-2H3;3*1-2H3;1H4;1H/i;;;;;;1+1. The van der Waals surface area contributed by atoms with E-state index in [1.807, 2.05) is 60.9 Å². The maximum Gasteiger partial charge on any atom is 0.152 e. The minimum atomic E-state index is 0. The van der Waals surface area contributed by atoms with Crippen molar-refractivity contribution in [3.05, 3.63) is 17.6 Å². The highest BCUT2D eigenvalue weighted by Crippen LogP contribution is 2.19. The molecule has 0 amide bonds. The Labute approximate surface area is 127 Å². The van der Waals surface area contributed by atoms with E-state index in [-0.39, 0.29) is 8.85 Å². The van der Waals surface area contributed by atoms with Crippen molar-refractivity contribution in [1.82, 2.24) is 4.98 Å². The van der Waals surface area contributed by atoms with Gasteiger partial charge in [-0.2, -0.15) is 0 Å². The second-order valence-electron chi connectivity index (χ2n) is 2.48. The molecule has 1 N–H and O–H groups in total. The predicted octanol–water partition coefficient (Wildman–Crippen LogP) is 7.39. The van der Waals surface area contributed by atoms with Crippen LogP contribution in [0.4, 0.5) is 5.55 Å². The molecule has 120 valence electrons. The normalized spacial score (nSPS) is 6.63. The topological polar surface area (TPSA) is 24.9 Å². The summed E-state index contributed by atoms with van der Waals surface area (Å²) in [6, 6.07) is 2.02. The Kier molecular flexibility index (Phi) is 58.8. The van der Waals surface area contributed by atoms with Crippen molar-refractivity contribution in [2.45, 2.75) is 76.2 Å². The Hall–Kier alpha value is -0.620. The van der Waals surface area contributed by atoms with Crippen LogP contribution < -0.4 is 5.32 Å². The summed E-state index contributed by atoms with van der Waals surface area (Å²) in [7, 11) is 3.08. The van der Waals surface area contributed by atoms with Crippen molar-refractivity contribution in [3.63, 3.8) is 0 Å². The van der Waals surface area contributed by atoms with Gasteiger partial charge < -0.3 is 5.32 Å². The maximum atomic E-state index is 4.09. The molecule has 0 unspecified atom stereocenters. The van der Waals surface area contributed by atoms with Crippen molar-refractivity contribution in [1.29, 1.82) is 0 Å². The molecule has 0 fully saturated rings. The lowest BCUT2D eigenvalue weighted by Gasteiger charge is -1.95. The maximum absolute atomic E-state index is 4.09. The molecule has 2 nitrogen and oxygen atoms in total. The summed E-state index contributed by atoms with van der Waals surface area (Å²) in [5.74, 6) is 0. The summed E-state index contributed by atoms with van der Waals surface area (Å²) in [6.45, 7) is 18.3. The average molecular weight is 293 g/mol. The Morgan fingerprint density at radius 2 is 1.47 bits per heavy atom. The van der Waals surface area contributed by atoms with Gasteiger partial charge in [-0.1, -0.05) is 69.2 Å². The van der Waals surface area contributed by atoms with E-state index in [4.69, 9.17) is 0 Å². The van der Waals surface area contributed by atoms with Gasteiger partial charge in [0.15, 0.2) is 5.55 Å². The smallest absolute Gasteiger partial charge is 0.152 e. The molecule has 0 saturated heterocycles. The summed E-state index contributed by atoms with van der Waals surface area (Å²) in [4.78, 5) is 4.09. The van der Waals surface area contributed by atoms with Gasteiger partial charge in [-0.25, -0.2) is 4.98 Å². The molecule has 0 aliphatic heterocycles. The van der Waals surface area contributed by atoms with Gasteiger partial charge in [0.2, 0.25) is 0 Å². The lowest BCUT2D eigenvalue weighted by molar-refractivity contribution is 1.09. The van der Waals surface area contributed by atoms with E-state index >= 15 is 0 Å². The average Bonchev–Trinajstić information content (AvgIpc) is 2.46. The molecule has 0 radical (unpaired) electrons. The van der Waals surface area contributed by atoms with E-state index in [0.29, 0.717) is 0 Å². The Morgan fingerprint density at radius 3 is 1.68 bits per heavy atom. The third-order valence-corrected chi connectivity index (χ3v) is 2.07. The first-order valence-electron chi connectivity index (χ1n) is 7.22. The first-order valence-corrected chi connectivity index (χ1v) is 8.11. The molecule has 0 spiro atoms. The summed E-state index contributed by atoms with van der Waals surface area (Å²) >= 11 is 0. The molecule has 0 aromatic carbocycles. The highest BCUT2D eigenvalue weighted by Gasteiger charge is 1.87. The van der Waals surface area contributed by atoms with Crippen molar-refractivity contribution >= 4 is 13.7 Å². The summed E-state index contributed by atoms with van der Waals surface area (Å²) in [6.07, 6.45) is 3.07. The van der Waals surface area contributed by atoms with E-state index in [1.54, 1.807) is 0 Å². The molecule has 0 aliphatic carbocycles. The number of rotatable bonds is 1. The molecule has 0 atom stereocenters. The van der Waals surface area contributed by atoms with Crippen LogP contribution >= 0.6 is 8.19 Å². The van der Waals surface area contributed by atoms with E-state index in [1.165, 1.54) is 19.9 Å². The van der Waals surface area contributed by atoms with Crippen molar-refractivity contribution in [2.24, 2.45) is 0 Å². The quantitative estimate of drug-likeness (QED) is 0.584. The Bertz CT molecular complexity index is 221. The molecular weight excluding hydrogens is 251 g/mol. The van der Waals surface area contributed by atoms with Crippen molar-refractivity contribution < 1.29 is 1.43 Å². The molecule has 1 aromatic rings. The molecule has 1 rings (SSSR count). The Balaban J connectivity index is -0.0000000386. The first kappa shape index (κ1) is 31.0. The Morgan fingerprint density at radius 1 is 1.11 bits per heavy atom. The second kappa shape index (κ2) is 36.0. The fraction of sp³-hybridized carbons (Fsp3) is 0.750. The molecule has 3 heteroatoms. The van der Waals surface area contributed by atoms with Crippen LogP contribution in [0.1, 0.15) is 76.0 Å². The number of hydrogen-bond donors (Lipinski definition) is 1. The molecule has 1 heterocycles. The van der Waals surface area contributed by atoms with Crippen LogP contribution in [0.2, 0.25) is 0 Å².